The Balaban J connectivity index is 2.70. The van der Waals surface area contributed by atoms with Crippen LogP contribution in [0.25, 0.3) is 0 Å². The van der Waals surface area contributed by atoms with Gasteiger partial charge in [-0.25, -0.2) is 0 Å². The van der Waals surface area contributed by atoms with Crippen molar-refractivity contribution in [2.45, 2.75) is 32.6 Å². The summed E-state index contributed by atoms with van der Waals surface area (Å²) in [6.07, 6.45) is -4.42. The van der Waals surface area contributed by atoms with E-state index in [1.165, 1.54) is 19.2 Å². The molecule has 0 aliphatic heterocycles. The molecule has 2 unspecified atom stereocenters. The van der Waals surface area contributed by atoms with Gasteiger partial charge in [0.05, 0.1) is 7.11 Å². The predicted molar refractivity (Wildman–Crippen MR) is 79.2 cm³/mol. The molecule has 0 radical (unpaired) electrons. The molecule has 1 aromatic carbocycles. The van der Waals surface area contributed by atoms with Gasteiger partial charge in [-0.1, -0.05) is 13.0 Å². The standard InChI is InChI=1S/C15H21F3N2O3/c1-9(10(2)19)14(21)20-7-11-4-5-12(13(6-11)22-3)23-8-15(16,17)18/h4-6,9-10H,7-8,19H2,1-3H3,(H,20,21). The number of halogens is 3. The van der Waals surface area contributed by atoms with Gasteiger partial charge in [-0.2, -0.15) is 13.2 Å². The molecule has 0 saturated carbocycles. The van der Waals surface area contributed by atoms with Crippen LogP contribution in [0.4, 0.5) is 13.2 Å². The van der Waals surface area contributed by atoms with E-state index in [1.807, 2.05) is 0 Å². The fraction of sp³-hybridized carbons (Fsp3) is 0.533. The van der Waals surface area contributed by atoms with Gasteiger partial charge in [-0.15, -0.1) is 0 Å². The van der Waals surface area contributed by atoms with Crippen LogP contribution < -0.4 is 20.5 Å². The zero-order valence-electron chi connectivity index (χ0n) is 13.2. The summed E-state index contributed by atoms with van der Waals surface area (Å²) in [4.78, 5) is 11.8. The molecule has 3 N–H and O–H groups in total. The quantitative estimate of drug-likeness (QED) is 0.802. The lowest BCUT2D eigenvalue weighted by molar-refractivity contribution is -0.153. The summed E-state index contributed by atoms with van der Waals surface area (Å²) in [6.45, 7) is 2.27. The van der Waals surface area contributed by atoms with Crippen LogP contribution in [0.5, 0.6) is 11.5 Å². The lowest BCUT2D eigenvalue weighted by Gasteiger charge is -2.16. The summed E-state index contributed by atoms with van der Waals surface area (Å²) in [6, 6.07) is 4.18. The summed E-state index contributed by atoms with van der Waals surface area (Å²) >= 11 is 0. The molecule has 1 aromatic rings. The van der Waals surface area contributed by atoms with Crippen LogP contribution >= 0.6 is 0 Å². The highest BCUT2D eigenvalue weighted by molar-refractivity contribution is 5.78. The number of nitrogens with two attached hydrogens (primary N) is 1. The highest BCUT2D eigenvalue weighted by Gasteiger charge is 2.29. The molecule has 8 heteroatoms. The molecule has 0 heterocycles. The zero-order valence-corrected chi connectivity index (χ0v) is 13.2. The van der Waals surface area contributed by atoms with Crippen LogP contribution in [-0.4, -0.2) is 31.8 Å². The topological polar surface area (TPSA) is 73.6 Å². The van der Waals surface area contributed by atoms with Crippen molar-refractivity contribution in [1.29, 1.82) is 0 Å². The van der Waals surface area contributed by atoms with E-state index in [1.54, 1.807) is 19.9 Å². The Morgan fingerprint density at radius 2 is 1.96 bits per heavy atom. The van der Waals surface area contributed by atoms with E-state index < -0.39 is 12.8 Å². The average Bonchev–Trinajstić information content (AvgIpc) is 2.49. The number of rotatable bonds is 7. The van der Waals surface area contributed by atoms with Crippen LogP contribution in [0.2, 0.25) is 0 Å². The summed E-state index contributed by atoms with van der Waals surface area (Å²) < 4.78 is 46.3. The second kappa shape index (κ2) is 8.05. The maximum Gasteiger partial charge on any atom is 0.422 e. The molecule has 1 amide bonds. The SMILES string of the molecule is COc1cc(CNC(=O)C(C)C(C)N)ccc1OCC(F)(F)F. The van der Waals surface area contributed by atoms with E-state index in [2.05, 4.69) is 10.1 Å². The van der Waals surface area contributed by atoms with E-state index in [0.717, 1.165) is 0 Å². The van der Waals surface area contributed by atoms with Crippen molar-refractivity contribution in [2.24, 2.45) is 11.7 Å². The molecule has 5 nitrogen and oxygen atoms in total. The summed E-state index contributed by atoms with van der Waals surface area (Å²) in [7, 11) is 1.33. The highest BCUT2D eigenvalue weighted by Crippen LogP contribution is 2.29. The van der Waals surface area contributed by atoms with Crippen LogP contribution in [0, 0.1) is 5.92 Å². The molecule has 0 aliphatic rings. The molecule has 0 bridgehead atoms. The molecule has 1 rings (SSSR count). The Kier molecular flexibility index (Phi) is 6.68. The first kappa shape index (κ1) is 19.1. The number of hydrogen-bond donors (Lipinski definition) is 2. The molecule has 0 fully saturated rings. The van der Waals surface area contributed by atoms with Gasteiger partial charge in [0, 0.05) is 18.5 Å². The lowest BCUT2D eigenvalue weighted by Crippen LogP contribution is -2.38. The number of carbonyl (C=O) groups excluding carboxylic acids is 1. The number of methoxy groups -OCH3 is 1. The smallest absolute Gasteiger partial charge is 0.422 e. The number of benzene rings is 1. The molecule has 0 spiro atoms. The van der Waals surface area contributed by atoms with Crippen molar-refractivity contribution < 1.29 is 27.4 Å². The van der Waals surface area contributed by atoms with Gasteiger partial charge < -0.3 is 20.5 Å². The maximum absolute atomic E-state index is 12.2. The van der Waals surface area contributed by atoms with E-state index in [4.69, 9.17) is 10.5 Å². The van der Waals surface area contributed by atoms with Gasteiger partial charge in [0.15, 0.2) is 18.1 Å². The van der Waals surface area contributed by atoms with Crippen LogP contribution in [0.15, 0.2) is 18.2 Å². The minimum Gasteiger partial charge on any atom is -0.493 e. The molecule has 2 atom stereocenters. The fourth-order valence-corrected chi connectivity index (χ4v) is 1.69. The molecule has 0 aliphatic carbocycles. The third-order valence-electron chi connectivity index (χ3n) is 3.29. The molecule has 130 valence electrons. The maximum atomic E-state index is 12.2. The Morgan fingerprint density at radius 3 is 2.48 bits per heavy atom. The molecular formula is C15H21F3N2O3. The van der Waals surface area contributed by atoms with E-state index >= 15 is 0 Å². The number of hydrogen-bond acceptors (Lipinski definition) is 4. The minimum atomic E-state index is -4.42. The first-order valence-electron chi connectivity index (χ1n) is 7.03. The van der Waals surface area contributed by atoms with Crippen molar-refractivity contribution in [2.75, 3.05) is 13.7 Å². The number of carbonyl (C=O) groups is 1. The Hall–Kier alpha value is -1.96. The Morgan fingerprint density at radius 1 is 1.30 bits per heavy atom. The molecule has 0 aromatic heterocycles. The normalized spacial score (nSPS) is 14.0. The lowest BCUT2D eigenvalue weighted by atomic mass is 10.0. The highest BCUT2D eigenvalue weighted by atomic mass is 19.4. The van der Waals surface area contributed by atoms with Gasteiger partial charge in [-0.3, -0.25) is 4.79 Å². The minimum absolute atomic E-state index is 0.0103. The van der Waals surface area contributed by atoms with Crippen molar-refractivity contribution in [1.82, 2.24) is 5.32 Å². The average molecular weight is 334 g/mol. The second-order valence-corrected chi connectivity index (χ2v) is 5.25. The van der Waals surface area contributed by atoms with Crippen molar-refractivity contribution in [3.8, 4) is 11.5 Å². The van der Waals surface area contributed by atoms with Crippen LogP contribution in [0.1, 0.15) is 19.4 Å². The van der Waals surface area contributed by atoms with E-state index in [0.29, 0.717) is 5.56 Å². The van der Waals surface area contributed by atoms with Gasteiger partial charge in [-0.05, 0) is 24.6 Å². The summed E-state index contributed by atoms with van der Waals surface area (Å²) in [5, 5.41) is 2.71. The first-order chi connectivity index (χ1) is 10.6. The van der Waals surface area contributed by atoms with Crippen molar-refractivity contribution in [3.05, 3.63) is 23.8 Å². The van der Waals surface area contributed by atoms with Gasteiger partial charge in [0.2, 0.25) is 5.91 Å². The van der Waals surface area contributed by atoms with E-state index in [-0.39, 0.29) is 35.9 Å². The monoisotopic (exact) mass is 334 g/mol. The fourth-order valence-electron chi connectivity index (χ4n) is 1.69. The number of nitrogens with one attached hydrogen (secondary N) is 1. The van der Waals surface area contributed by atoms with Crippen LogP contribution in [0.3, 0.4) is 0 Å². The second-order valence-electron chi connectivity index (χ2n) is 5.25. The van der Waals surface area contributed by atoms with E-state index in [9.17, 15) is 18.0 Å². The van der Waals surface area contributed by atoms with Crippen molar-refractivity contribution >= 4 is 5.91 Å². The zero-order chi connectivity index (χ0) is 17.6. The predicted octanol–water partition coefficient (Wildman–Crippen LogP) is 2.24. The largest absolute Gasteiger partial charge is 0.493 e. The number of ether oxygens (including phenoxy) is 2. The van der Waals surface area contributed by atoms with Crippen LogP contribution in [-0.2, 0) is 11.3 Å². The Bertz CT molecular complexity index is 533. The van der Waals surface area contributed by atoms with Gasteiger partial charge in [0.1, 0.15) is 0 Å². The molecular weight excluding hydrogens is 313 g/mol. The Labute approximate surface area is 132 Å². The van der Waals surface area contributed by atoms with Gasteiger partial charge >= 0.3 is 6.18 Å². The van der Waals surface area contributed by atoms with Gasteiger partial charge in [0.25, 0.3) is 0 Å². The third kappa shape index (κ3) is 6.35. The molecule has 0 saturated heterocycles. The number of amides is 1. The first-order valence-corrected chi connectivity index (χ1v) is 7.03. The summed E-state index contributed by atoms with van der Waals surface area (Å²) in [5.41, 5.74) is 6.32. The molecule has 23 heavy (non-hydrogen) atoms. The van der Waals surface area contributed by atoms with Crippen molar-refractivity contribution in [3.63, 3.8) is 0 Å². The third-order valence-corrected chi connectivity index (χ3v) is 3.29. The number of alkyl halides is 3. The summed E-state index contributed by atoms with van der Waals surface area (Å²) in [5.74, 6) is -0.382.